The summed E-state index contributed by atoms with van der Waals surface area (Å²) in [5.74, 6) is -2.65. The number of nitrogens with one attached hydrogen (secondary N) is 2. The standard InChI is InChI=1S/C31H33F2N3O4/c1-40-31(39)29-25(9-6-10-26(29)32)22-11-12-24(27(33)18-22)20-35-30(38)23-8-5-7-21(17-23)19-34-28(37)13-16-36-14-3-2-4-15-36/h5-12,17-18H,2-4,13-16,19-20H2,1H3,(H,34,37)(H,35,38). The molecule has 9 heteroatoms. The molecule has 0 spiro atoms. The van der Waals surface area contributed by atoms with Gasteiger partial charge in [0.2, 0.25) is 5.91 Å². The smallest absolute Gasteiger partial charge is 0.341 e. The van der Waals surface area contributed by atoms with Crippen molar-refractivity contribution in [3.63, 3.8) is 0 Å². The van der Waals surface area contributed by atoms with E-state index in [0.717, 1.165) is 38.4 Å². The number of likely N-dealkylation sites (tertiary alicyclic amines) is 1. The number of benzene rings is 3. The first-order valence-corrected chi connectivity index (χ1v) is 13.4. The maximum Gasteiger partial charge on any atom is 0.341 e. The van der Waals surface area contributed by atoms with Crippen molar-refractivity contribution in [1.82, 2.24) is 15.5 Å². The minimum Gasteiger partial charge on any atom is -0.465 e. The molecule has 1 saturated heterocycles. The topological polar surface area (TPSA) is 87.7 Å². The molecule has 0 aromatic heterocycles. The number of nitrogens with zero attached hydrogens (tertiary/aromatic N) is 1. The van der Waals surface area contributed by atoms with Crippen LogP contribution in [-0.2, 0) is 22.6 Å². The predicted molar refractivity (Wildman–Crippen MR) is 148 cm³/mol. The van der Waals surface area contributed by atoms with E-state index < -0.39 is 17.6 Å². The van der Waals surface area contributed by atoms with E-state index in [2.05, 4.69) is 20.3 Å². The van der Waals surface area contributed by atoms with E-state index in [1.807, 2.05) is 6.07 Å². The fraction of sp³-hybridized carbons (Fsp3) is 0.323. The molecule has 0 aliphatic carbocycles. The highest BCUT2D eigenvalue weighted by Crippen LogP contribution is 2.28. The molecule has 210 valence electrons. The van der Waals surface area contributed by atoms with Crippen molar-refractivity contribution in [3.8, 4) is 11.1 Å². The molecule has 0 bridgehead atoms. The highest BCUT2D eigenvalue weighted by molar-refractivity contribution is 5.97. The number of rotatable bonds is 10. The number of carbonyl (C=O) groups excluding carboxylic acids is 3. The van der Waals surface area contributed by atoms with Crippen molar-refractivity contribution in [2.45, 2.75) is 38.8 Å². The van der Waals surface area contributed by atoms with Gasteiger partial charge in [-0.1, -0.05) is 42.8 Å². The number of ether oxygens (including phenoxy) is 1. The lowest BCUT2D eigenvalue weighted by Gasteiger charge is -2.25. The van der Waals surface area contributed by atoms with Crippen LogP contribution >= 0.6 is 0 Å². The number of halogens is 2. The Labute approximate surface area is 232 Å². The van der Waals surface area contributed by atoms with E-state index in [-0.39, 0.29) is 35.0 Å². The average Bonchev–Trinajstić information content (AvgIpc) is 2.98. The Morgan fingerprint density at radius 2 is 1.65 bits per heavy atom. The lowest BCUT2D eigenvalue weighted by Crippen LogP contribution is -2.34. The normalized spacial score (nSPS) is 13.5. The first-order valence-electron chi connectivity index (χ1n) is 13.4. The molecule has 1 aliphatic rings. The Bertz CT molecular complexity index is 1370. The quantitative estimate of drug-likeness (QED) is 0.354. The third kappa shape index (κ3) is 7.51. The fourth-order valence-corrected chi connectivity index (χ4v) is 4.76. The lowest BCUT2D eigenvalue weighted by atomic mass is 9.98. The van der Waals surface area contributed by atoms with Gasteiger partial charge in [0.25, 0.3) is 5.91 Å². The second-order valence-electron chi connectivity index (χ2n) is 9.77. The van der Waals surface area contributed by atoms with Crippen molar-refractivity contribution in [1.29, 1.82) is 0 Å². The van der Waals surface area contributed by atoms with Crippen LogP contribution in [0.4, 0.5) is 8.78 Å². The van der Waals surface area contributed by atoms with E-state index >= 15 is 0 Å². The molecule has 4 rings (SSSR count). The summed E-state index contributed by atoms with van der Waals surface area (Å²) in [4.78, 5) is 39.4. The summed E-state index contributed by atoms with van der Waals surface area (Å²) in [6.45, 7) is 3.07. The second kappa shape index (κ2) is 13.8. The Balaban J connectivity index is 1.33. The first kappa shape index (κ1) is 28.9. The maximum absolute atomic E-state index is 14.9. The molecule has 40 heavy (non-hydrogen) atoms. The molecular weight excluding hydrogens is 516 g/mol. The first-order chi connectivity index (χ1) is 19.4. The highest BCUT2D eigenvalue weighted by Gasteiger charge is 2.19. The van der Waals surface area contributed by atoms with E-state index in [1.54, 1.807) is 24.3 Å². The Hall–Kier alpha value is -4.11. The van der Waals surface area contributed by atoms with Gasteiger partial charge in [-0.25, -0.2) is 13.6 Å². The Kier molecular flexibility index (Phi) is 9.96. The largest absolute Gasteiger partial charge is 0.465 e. The van der Waals surface area contributed by atoms with Gasteiger partial charge in [0.05, 0.1) is 7.11 Å². The van der Waals surface area contributed by atoms with Crippen LogP contribution in [0, 0.1) is 11.6 Å². The maximum atomic E-state index is 14.9. The molecular formula is C31H33F2N3O4. The van der Waals surface area contributed by atoms with Gasteiger partial charge in [0.1, 0.15) is 17.2 Å². The zero-order chi connectivity index (χ0) is 28.5. The van der Waals surface area contributed by atoms with E-state index in [1.165, 1.54) is 43.5 Å². The summed E-state index contributed by atoms with van der Waals surface area (Å²) in [7, 11) is 1.15. The number of amides is 2. The molecule has 2 amide bonds. The molecule has 2 N–H and O–H groups in total. The number of methoxy groups -OCH3 is 1. The van der Waals surface area contributed by atoms with Crippen molar-refractivity contribution in [2.24, 2.45) is 0 Å². The van der Waals surface area contributed by atoms with Gasteiger partial charge < -0.3 is 20.3 Å². The molecule has 0 radical (unpaired) electrons. The molecule has 0 saturated carbocycles. The third-order valence-electron chi connectivity index (χ3n) is 6.99. The highest BCUT2D eigenvalue weighted by atomic mass is 19.1. The molecule has 0 unspecified atom stereocenters. The molecule has 1 fully saturated rings. The van der Waals surface area contributed by atoms with Gasteiger partial charge in [0, 0.05) is 37.2 Å². The third-order valence-corrected chi connectivity index (χ3v) is 6.99. The minimum absolute atomic E-state index is 0.0312. The van der Waals surface area contributed by atoms with Crippen molar-refractivity contribution >= 4 is 17.8 Å². The average molecular weight is 550 g/mol. The Morgan fingerprint density at radius 3 is 2.40 bits per heavy atom. The fourth-order valence-electron chi connectivity index (χ4n) is 4.76. The second-order valence-corrected chi connectivity index (χ2v) is 9.77. The van der Waals surface area contributed by atoms with Crippen molar-refractivity contribution < 1.29 is 27.9 Å². The summed E-state index contributed by atoms with van der Waals surface area (Å²) in [5.41, 5.74) is 1.63. The summed E-state index contributed by atoms with van der Waals surface area (Å²) < 4.78 is 33.9. The van der Waals surface area contributed by atoms with Gasteiger partial charge in [-0.2, -0.15) is 0 Å². The predicted octanol–water partition coefficient (Wildman–Crippen LogP) is 4.84. The molecule has 1 aliphatic heterocycles. The summed E-state index contributed by atoms with van der Waals surface area (Å²) in [5, 5.41) is 5.61. The molecule has 7 nitrogen and oxygen atoms in total. The minimum atomic E-state index is -0.857. The van der Waals surface area contributed by atoms with Gasteiger partial charge in [-0.15, -0.1) is 0 Å². The van der Waals surface area contributed by atoms with Crippen LogP contribution in [0.1, 0.15) is 57.5 Å². The van der Waals surface area contributed by atoms with Gasteiger partial charge in [-0.3, -0.25) is 9.59 Å². The van der Waals surface area contributed by atoms with Gasteiger partial charge in [0.15, 0.2) is 0 Å². The van der Waals surface area contributed by atoms with E-state index in [9.17, 15) is 23.2 Å². The van der Waals surface area contributed by atoms with Crippen LogP contribution < -0.4 is 10.6 Å². The number of carbonyl (C=O) groups is 3. The van der Waals surface area contributed by atoms with Gasteiger partial charge >= 0.3 is 5.97 Å². The van der Waals surface area contributed by atoms with E-state index in [0.29, 0.717) is 24.1 Å². The summed E-state index contributed by atoms with van der Waals surface area (Å²) in [6, 6.07) is 15.2. The molecule has 0 atom stereocenters. The lowest BCUT2D eigenvalue weighted by molar-refractivity contribution is -0.121. The monoisotopic (exact) mass is 549 g/mol. The van der Waals surface area contributed by atoms with Crippen LogP contribution in [0.2, 0.25) is 0 Å². The summed E-state index contributed by atoms with van der Waals surface area (Å²) >= 11 is 0. The molecule has 1 heterocycles. The van der Waals surface area contributed by atoms with Crippen molar-refractivity contribution in [2.75, 3.05) is 26.7 Å². The number of piperidine rings is 1. The van der Waals surface area contributed by atoms with Crippen LogP contribution in [0.25, 0.3) is 11.1 Å². The van der Waals surface area contributed by atoms with Crippen LogP contribution in [-0.4, -0.2) is 49.4 Å². The molecule has 3 aromatic carbocycles. The molecule has 3 aromatic rings. The van der Waals surface area contributed by atoms with Crippen LogP contribution in [0.5, 0.6) is 0 Å². The van der Waals surface area contributed by atoms with Crippen molar-refractivity contribution in [3.05, 3.63) is 94.6 Å². The summed E-state index contributed by atoms with van der Waals surface area (Å²) in [6.07, 6.45) is 4.06. The van der Waals surface area contributed by atoms with Crippen LogP contribution in [0.15, 0.2) is 60.7 Å². The number of hydrogen-bond donors (Lipinski definition) is 2. The van der Waals surface area contributed by atoms with Gasteiger partial charge in [-0.05, 0) is 66.9 Å². The zero-order valence-electron chi connectivity index (χ0n) is 22.5. The Morgan fingerprint density at radius 1 is 0.875 bits per heavy atom. The number of hydrogen-bond acceptors (Lipinski definition) is 5. The van der Waals surface area contributed by atoms with E-state index in [4.69, 9.17) is 0 Å². The number of esters is 1. The van der Waals surface area contributed by atoms with Crippen LogP contribution in [0.3, 0.4) is 0 Å². The SMILES string of the molecule is COC(=O)c1c(F)cccc1-c1ccc(CNC(=O)c2cccc(CNC(=O)CCN3CCCCC3)c2)c(F)c1. The zero-order valence-corrected chi connectivity index (χ0v) is 22.5.